The number of benzene rings is 2. The summed E-state index contributed by atoms with van der Waals surface area (Å²) in [6.07, 6.45) is 9.96. The molecule has 4 rings (SSSR count). The number of nitrogens with one attached hydrogen (secondary N) is 1. The molecule has 1 unspecified atom stereocenters. The lowest BCUT2D eigenvalue weighted by atomic mass is 9.89. The summed E-state index contributed by atoms with van der Waals surface area (Å²) < 4.78 is 0. The molecule has 0 heterocycles. The van der Waals surface area contributed by atoms with E-state index in [2.05, 4.69) is 29.6 Å². The number of hydrogen-bond acceptors (Lipinski definition) is 2. The van der Waals surface area contributed by atoms with Crippen LogP contribution in [-0.2, 0) is 30.5 Å². The molecule has 2 aliphatic rings. The predicted molar refractivity (Wildman–Crippen MR) is 116 cm³/mol. The molecular weight excluding hydrogens is 358 g/mol. The third-order valence-electron chi connectivity index (χ3n) is 6.50. The van der Waals surface area contributed by atoms with Gasteiger partial charge in [-0.2, -0.15) is 0 Å². The maximum absolute atomic E-state index is 12.6. The second-order valence-corrected chi connectivity index (χ2v) is 8.64. The van der Waals surface area contributed by atoms with E-state index in [0.29, 0.717) is 0 Å². The van der Waals surface area contributed by atoms with Crippen molar-refractivity contribution >= 4 is 11.7 Å². The third-order valence-corrected chi connectivity index (χ3v) is 6.50. The zero-order chi connectivity index (χ0) is 20.2. The number of fused-ring (bicyclic) bond motifs is 2. The molecule has 0 aliphatic heterocycles. The monoisotopic (exact) mass is 389 g/mol. The molecule has 1 N–H and O–H groups in total. The molecular formula is C26H31NO2. The molecule has 2 aromatic carbocycles. The van der Waals surface area contributed by atoms with Crippen LogP contribution in [0, 0.1) is 0 Å². The number of rotatable bonds is 6. The first-order chi connectivity index (χ1) is 14.1. The molecule has 1 atom stereocenters. The van der Waals surface area contributed by atoms with E-state index in [4.69, 9.17) is 0 Å². The van der Waals surface area contributed by atoms with Crippen LogP contribution in [0.15, 0.2) is 36.4 Å². The quantitative estimate of drug-likeness (QED) is 0.683. The summed E-state index contributed by atoms with van der Waals surface area (Å²) in [4.78, 5) is 25.0. The van der Waals surface area contributed by atoms with Crippen LogP contribution in [-0.4, -0.2) is 11.7 Å². The molecule has 1 amide bonds. The van der Waals surface area contributed by atoms with Crippen molar-refractivity contribution in [2.24, 2.45) is 0 Å². The molecule has 0 aromatic heterocycles. The largest absolute Gasteiger partial charge is 0.350 e. The Bertz CT molecular complexity index is 915. The van der Waals surface area contributed by atoms with Crippen LogP contribution in [0.25, 0.3) is 0 Å². The van der Waals surface area contributed by atoms with Crippen molar-refractivity contribution in [3.63, 3.8) is 0 Å². The van der Waals surface area contributed by atoms with Crippen LogP contribution in [0.2, 0.25) is 0 Å². The first-order valence-corrected chi connectivity index (χ1v) is 11.2. The first-order valence-electron chi connectivity index (χ1n) is 11.2. The SMILES string of the molecule is CC(NC(=O)CCC(=O)c1ccc2c(c1)CCCC2)c1ccc2c(c1)CCCC2. The predicted octanol–water partition coefficient (Wildman–Crippen LogP) is 5.28. The van der Waals surface area contributed by atoms with E-state index in [-0.39, 0.29) is 30.6 Å². The minimum Gasteiger partial charge on any atom is -0.350 e. The zero-order valence-corrected chi connectivity index (χ0v) is 17.4. The summed E-state index contributed by atoms with van der Waals surface area (Å²) in [5.41, 5.74) is 7.48. The Labute approximate surface area is 173 Å². The zero-order valence-electron chi connectivity index (χ0n) is 17.4. The highest BCUT2D eigenvalue weighted by molar-refractivity contribution is 5.98. The summed E-state index contributed by atoms with van der Waals surface area (Å²) >= 11 is 0. The fourth-order valence-electron chi connectivity index (χ4n) is 4.70. The Balaban J connectivity index is 1.31. The summed E-state index contributed by atoms with van der Waals surface area (Å²) in [7, 11) is 0. The van der Waals surface area contributed by atoms with Gasteiger partial charge in [-0.05, 0) is 92.2 Å². The van der Waals surface area contributed by atoms with Crippen molar-refractivity contribution in [3.05, 3.63) is 69.8 Å². The molecule has 0 radical (unpaired) electrons. The van der Waals surface area contributed by atoms with Gasteiger partial charge in [0.05, 0.1) is 6.04 Å². The number of hydrogen-bond donors (Lipinski definition) is 1. The molecule has 0 fully saturated rings. The Kier molecular flexibility index (Phi) is 6.13. The van der Waals surface area contributed by atoms with Gasteiger partial charge >= 0.3 is 0 Å². The average Bonchev–Trinajstić information content (AvgIpc) is 2.76. The number of aryl methyl sites for hydroxylation is 4. The van der Waals surface area contributed by atoms with E-state index in [9.17, 15) is 9.59 Å². The highest BCUT2D eigenvalue weighted by atomic mass is 16.2. The Morgan fingerprint density at radius 3 is 2.07 bits per heavy atom. The van der Waals surface area contributed by atoms with Gasteiger partial charge in [0.2, 0.25) is 5.91 Å². The summed E-state index contributed by atoms with van der Waals surface area (Å²) in [5.74, 6) is 0.0106. The molecule has 0 bridgehead atoms. The fraction of sp³-hybridized carbons (Fsp3) is 0.462. The van der Waals surface area contributed by atoms with Gasteiger partial charge < -0.3 is 5.32 Å². The Hall–Kier alpha value is -2.42. The minimum absolute atomic E-state index is 0.0337. The fourth-order valence-corrected chi connectivity index (χ4v) is 4.70. The lowest BCUT2D eigenvalue weighted by Crippen LogP contribution is -2.27. The van der Waals surface area contributed by atoms with Crippen LogP contribution in [0.3, 0.4) is 0 Å². The lowest BCUT2D eigenvalue weighted by molar-refractivity contribution is -0.121. The van der Waals surface area contributed by atoms with Crippen molar-refractivity contribution < 1.29 is 9.59 Å². The minimum atomic E-state index is -0.0541. The second kappa shape index (κ2) is 8.94. The number of carbonyl (C=O) groups excluding carboxylic acids is 2. The van der Waals surface area contributed by atoms with E-state index in [1.807, 2.05) is 19.1 Å². The van der Waals surface area contributed by atoms with Crippen molar-refractivity contribution in [1.29, 1.82) is 0 Å². The molecule has 0 spiro atoms. The molecule has 3 heteroatoms. The van der Waals surface area contributed by atoms with Crippen LogP contribution in [0.1, 0.15) is 89.7 Å². The average molecular weight is 390 g/mol. The highest BCUT2D eigenvalue weighted by Gasteiger charge is 2.16. The lowest BCUT2D eigenvalue weighted by Gasteiger charge is -2.20. The van der Waals surface area contributed by atoms with Crippen LogP contribution >= 0.6 is 0 Å². The molecule has 152 valence electrons. The Morgan fingerprint density at radius 2 is 1.38 bits per heavy atom. The van der Waals surface area contributed by atoms with Gasteiger partial charge in [-0.25, -0.2) is 0 Å². The normalized spacial score (nSPS) is 16.4. The van der Waals surface area contributed by atoms with E-state index in [1.54, 1.807) is 0 Å². The van der Waals surface area contributed by atoms with E-state index >= 15 is 0 Å². The van der Waals surface area contributed by atoms with Crippen LogP contribution < -0.4 is 5.32 Å². The van der Waals surface area contributed by atoms with Crippen molar-refractivity contribution in [2.45, 2.75) is 77.2 Å². The molecule has 2 aliphatic carbocycles. The topological polar surface area (TPSA) is 46.2 Å². The van der Waals surface area contributed by atoms with Crippen molar-refractivity contribution in [2.75, 3.05) is 0 Å². The number of Topliss-reactive ketones (excluding diaryl/α,β-unsaturated/α-hetero) is 1. The van der Waals surface area contributed by atoms with Gasteiger partial charge in [-0.3, -0.25) is 9.59 Å². The van der Waals surface area contributed by atoms with Gasteiger partial charge in [0.1, 0.15) is 0 Å². The maximum Gasteiger partial charge on any atom is 0.220 e. The summed E-state index contributed by atoms with van der Waals surface area (Å²) in [6, 6.07) is 12.6. The molecule has 3 nitrogen and oxygen atoms in total. The van der Waals surface area contributed by atoms with Crippen LogP contribution in [0.5, 0.6) is 0 Å². The van der Waals surface area contributed by atoms with E-state index in [0.717, 1.165) is 30.4 Å². The summed E-state index contributed by atoms with van der Waals surface area (Å²) in [6.45, 7) is 2.02. The first kappa shape index (κ1) is 19.9. The smallest absolute Gasteiger partial charge is 0.220 e. The standard InChI is InChI=1S/C26H31NO2/c1-18(21-12-10-19-6-2-4-8-22(19)16-21)27-26(29)15-14-25(28)24-13-11-20-7-3-5-9-23(20)17-24/h10-13,16-18H,2-9,14-15H2,1H3,(H,27,29). The van der Waals surface area contributed by atoms with E-state index < -0.39 is 0 Å². The van der Waals surface area contributed by atoms with Gasteiger partial charge in [0, 0.05) is 18.4 Å². The number of carbonyl (C=O) groups is 2. The van der Waals surface area contributed by atoms with Crippen LogP contribution in [0.4, 0.5) is 0 Å². The molecule has 0 saturated heterocycles. The Morgan fingerprint density at radius 1 is 0.793 bits per heavy atom. The molecule has 29 heavy (non-hydrogen) atoms. The molecule has 2 aromatic rings. The number of ketones is 1. The summed E-state index contributed by atoms with van der Waals surface area (Å²) in [5, 5.41) is 3.07. The van der Waals surface area contributed by atoms with Gasteiger partial charge in [0.25, 0.3) is 0 Å². The van der Waals surface area contributed by atoms with Gasteiger partial charge in [0.15, 0.2) is 5.78 Å². The van der Waals surface area contributed by atoms with E-state index in [1.165, 1.54) is 54.4 Å². The van der Waals surface area contributed by atoms with Crippen molar-refractivity contribution in [1.82, 2.24) is 5.32 Å². The maximum atomic E-state index is 12.6. The highest BCUT2D eigenvalue weighted by Crippen LogP contribution is 2.25. The second-order valence-electron chi connectivity index (χ2n) is 8.64. The third kappa shape index (κ3) is 4.77. The van der Waals surface area contributed by atoms with Crippen molar-refractivity contribution in [3.8, 4) is 0 Å². The van der Waals surface area contributed by atoms with Gasteiger partial charge in [-0.15, -0.1) is 0 Å². The molecule has 0 saturated carbocycles. The van der Waals surface area contributed by atoms with Gasteiger partial charge in [-0.1, -0.05) is 30.3 Å². The number of amides is 1.